The van der Waals surface area contributed by atoms with Gasteiger partial charge in [-0.1, -0.05) is 181 Å². The van der Waals surface area contributed by atoms with Crippen LogP contribution >= 0.6 is 0 Å². The van der Waals surface area contributed by atoms with Gasteiger partial charge in [0.2, 0.25) is 0 Å². The number of hydrogen-bond acceptors (Lipinski definition) is 13. The Kier molecular flexibility index (Phi) is 61.0. The van der Waals surface area contributed by atoms with Crippen LogP contribution in [0.5, 0.6) is 0 Å². The van der Waals surface area contributed by atoms with Crippen LogP contribution < -0.4 is 0 Å². The summed E-state index contributed by atoms with van der Waals surface area (Å²) >= 11 is 0. The van der Waals surface area contributed by atoms with E-state index in [9.17, 15) is 47.9 Å². The molecule has 0 aliphatic heterocycles. The first-order valence-corrected chi connectivity index (χ1v) is 30.2. The predicted molar refractivity (Wildman–Crippen MR) is 366 cm³/mol. The van der Waals surface area contributed by atoms with Gasteiger partial charge in [0.05, 0.1) is 7.11 Å². The van der Waals surface area contributed by atoms with E-state index in [-0.39, 0.29) is 52.7 Å². The molecule has 0 aliphatic carbocycles. The van der Waals surface area contributed by atoms with Crippen LogP contribution in [-0.4, -0.2) is 78.2 Å². The summed E-state index contributed by atoms with van der Waals surface area (Å²) in [5.74, 6) is 1.28. The van der Waals surface area contributed by atoms with Crippen LogP contribution in [0.3, 0.4) is 0 Å². The van der Waals surface area contributed by atoms with Crippen molar-refractivity contribution in [1.82, 2.24) is 0 Å². The Labute approximate surface area is 536 Å². The Bertz CT molecular complexity index is 2770. The molecule has 13 nitrogen and oxygen atoms in total. The number of aldehydes is 2. The number of rotatable bonds is 18. The molecule has 5 aromatic rings. The standard InChI is InChI=1S/C13H26O.C11H14O.2C10H12O.2C9H10O.C3H4O2.3C3H6O.C2H4O2/c1-4-5-6-7-8-9-10-11-12(2)13(3)14;1-7-5-8(2)11(10(4)12)9(3)6-7;1-7-5-4-6-8(2)10(7)9(3)11;1-3-9-4-6-10(7-5-9)8(2)11;1-7-5-3-4-6-9(7)8(2)10;1-2-8-3-5-9(7-10)6-4-8;1-3(5)2-4;3*1-3(2)4;1-4-2-3/h12H,4-11H2,1-3H3;5-6H,1-4H3;4-6H,1-3H3;4-7H,3H2,1-2H3;3-6H,1-2H3;3-7H,2H2,1H3;2H,1H3;3*1-2H3;2H,1H3. The van der Waals surface area contributed by atoms with E-state index in [4.69, 9.17) is 9.59 Å². The molecular weight excluding hydrogens is 1120 g/mol. The third-order valence-corrected chi connectivity index (χ3v) is 11.9. The van der Waals surface area contributed by atoms with E-state index < -0.39 is 5.78 Å². The lowest BCUT2D eigenvalue weighted by atomic mass is 9.97. The molecule has 0 amide bonds. The molecular formula is C76H110O13. The maximum absolute atomic E-state index is 11.2. The van der Waals surface area contributed by atoms with Crippen molar-refractivity contribution in [2.24, 2.45) is 5.92 Å². The number of hydrogen-bond donors (Lipinski definition) is 0. The van der Waals surface area contributed by atoms with Gasteiger partial charge in [-0.05, 0) is 176 Å². The number of Topliss-reactive ketones (excluding diaryl/α,β-unsaturated/α-hetero) is 9. The third kappa shape index (κ3) is 58.7. The van der Waals surface area contributed by atoms with Crippen molar-refractivity contribution in [3.8, 4) is 0 Å². The average molecular weight is 1230 g/mol. The molecule has 0 radical (unpaired) electrons. The number of unbranched alkanes of at least 4 members (excludes halogenated alkanes) is 6. The number of aryl methyl sites for hydroxylation is 8. The number of ether oxygens (including phenoxy) is 1. The SMILES string of the molecule is CC(=O)C=O.CC(=O)c1c(C)cc(C)cc1C.CC(=O)c1c(C)cccc1C.CC(=O)c1ccccc1C.CC(C)=O.CC(C)=O.CC(C)=O.CCCCCCCCCC(C)C(C)=O.CCc1ccc(C(C)=O)cc1.CCc1ccc(C=O)cc1.COC=O. The zero-order chi connectivity index (χ0) is 70.2. The number of carbonyl (C=O) groups is 12. The highest BCUT2D eigenvalue weighted by Gasteiger charge is 2.08. The van der Waals surface area contributed by atoms with E-state index in [1.165, 1.54) is 117 Å². The lowest BCUT2D eigenvalue weighted by molar-refractivity contribution is -0.128. The molecule has 492 valence electrons. The number of methoxy groups -OCH3 is 1. The monoisotopic (exact) mass is 1230 g/mol. The number of benzene rings is 5. The number of carbonyl (C=O) groups excluding carboxylic acids is 12. The van der Waals surface area contributed by atoms with Crippen LogP contribution in [0, 0.1) is 47.5 Å². The maximum Gasteiger partial charge on any atom is 0.292 e. The highest BCUT2D eigenvalue weighted by molar-refractivity contribution is 6.23. The molecule has 0 heterocycles. The first kappa shape index (κ1) is 92.1. The summed E-state index contributed by atoms with van der Waals surface area (Å²) < 4.78 is 3.86. The summed E-state index contributed by atoms with van der Waals surface area (Å²) in [5.41, 5.74) is 13.2. The molecule has 13 heteroatoms. The average Bonchev–Trinajstić information content (AvgIpc) is 1.60. The van der Waals surface area contributed by atoms with E-state index in [2.05, 4.69) is 25.5 Å². The van der Waals surface area contributed by atoms with E-state index >= 15 is 0 Å². The lowest BCUT2D eigenvalue weighted by Crippen LogP contribution is -2.05. The number of ketones is 9. The summed E-state index contributed by atoms with van der Waals surface area (Å²) in [6.07, 6.45) is 13.6. The van der Waals surface area contributed by atoms with Gasteiger partial charge in [0, 0.05) is 40.7 Å². The van der Waals surface area contributed by atoms with Gasteiger partial charge in [-0.25, -0.2) is 0 Å². The van der Waals surface area contributed by atoms with Gasteiger partial charge in [-0.15, -0.1) is 0 Å². The molecule has 0 N–H and O–H groups in total. The van der Waals surface area contributed by atoms with Crippen LogP contribution in [0.15, 0.2) is 103 Å². The second kappa shape index (κ2) is 58.9. The lowest BCUT2D eigenvalue weighted by Gasteiger charge is -2.07. The first-order valence-electron chi connectivity index (χ1n) is 30.2. The largest absolute Gasteiger partial charge is 0.471 e. The maximum atomic E-state index is 11.2. The minimum Gasteiger partial charge on any atom is -0.471 e. The molecule has 0 saturated heterocycles. The molecule has 0 spiro atoms. The van der Waals surface area contributed by atoms with Gasteiger partial charge >= 0.3 is 0 Å². The van der Waals surface area contributed by atoms with Gasteiger partial charge < -0.3 is 19.1 Å². The van der Waals surface area contributed by atoms with Crippen molar-refractivity contribution in [2.45, 2.75) is 217 Å². The van der Waals surface area contributed by atoms with Crippen molar-refractivity contribution in [3.05, 3.63) is 175 Å². The third-order valence-electron chi connectivity index (χ3n) is 11.9. The quantitative estimate of drug-likeness (QED) is 0.0346. The van der Waals surface area contributed by atoms with Crippen LogP contribution in [0.1, 0.15) is 258 Å². The summed E-state index contributed by atoms with van der Waals surface area (Å²) in [6, 6.07) is 33.0. The summed E-state index contributed by atoms with van der Waals surface area (Å²) in [5, 5.41) is 0. The van der Waals surface area contributed by atoms with Crippen molar-refractivity contribution in [1.29, 1.82) is 0 Å². The van der Waals surface area contributed by atoms with Crippen molar-refractivity contribution in [2.75, 3.05) is 7.11 Å². The summed E-state index contributed by atoms with van der Waals surface area (Å²) in [4.78, 5) is 121. The topological polar surface area (TPSA) is 214 Å². The minimum absolute atomic E-state index is 0.132. The zero-order valence-corrected chi connectivity index (χ0v) is 58.5. The molecule has 5 rings (SSSR count). The Hall–Kier alpha value is -8.06. The minimum atomic E-state index is -0.426. The highest BCUT2D eigenvalue weighted by atomic mass is 16.5. The van der Waals surface area contributed by atoms with Crippen LogP contribution in [0.25, 0.3) is 0 Å². The van der Waals surface area contributed by atoms with Crippen LogP contribution in [-0.2, 0) is 51.1 Å². The fourth-order valence-corrected chi connectivity index (χ4v) is 7.49. The second-order valence-corrected chi connectivity index (χ2v) is 21.6. The zero-order valence-electron chi connectivity index (χ0n) is 58.5. The second-order valence-electron chi connectivity index (χ2n) is 21.6. The predicted octanol–water partition coefficient (Wildman–Crippen LogP) is 17.7. The molecule has 0 aromatic heterocycles. The van der Waals surface area contributed by atoms with E-state index in [1.54, 1.807) is 34.6 Å². The smallest absolute Gasteiger partial charge is 0.292 e. The Morgan fingerprint density at radius 1 is 0.438 bits per heavy atom. The Balaban J connectivity index is -0.000000219. The molecule has 5 aromatic carbocycles. The molecule has 0 aliphatic rings. The van der Waals surface area contributed by atoms with Crippen LogP contribution in [0.2, 0.25) is 0 Å². The van der Waals surface area contributed by atoms with Gasteiger partial charge in [-0.2, -0.15) is 0 Å². The fraction of sp³-hybridized carbons (Fsp3) is 0.447. The van der Waals surface area contributed by atoms with Gasteiger partial charge in [0.15, 0.2) is 35.2 Å². The van der Waals surface area contributed by atoms with Crippen molar-refractivity contribution < 1.29 is 62.3 Å². The summed E-state index contributed by atoms with van der Waals surface area (Å²) in [7, 11) is 1.31. The van der Waals surface area contributed by atoms with Gasteiger partial charge in [0.25, 0.3) is 6.47 Å². The van der Waals surface area contributed by atoms with E-state index in [0.29, 0.717) is 12.3 Å². The first-order chi connectivity index (χ1) is 41.5. The molecule has 0 bridgehead atoms. The van der Waals surface area contributed by atoms with Gasteiger partial charge in [-0.3, -0.25) is 43.2 Å². The van der Waals surface area contributed by atoms with E-state index in [0.717, 1.165) is 81.2 Å². The molecule has 1 unspecified atom stereocenters. The normalized spacial score (nSPS) is 9.34. The fourth-order valence-electron chi connectivity index (χ4n) is 7.49. The van der Waals surface area contributed by atoms with Crippen molar-refractivity contribution in [3.63, 3.8) is 0 Å². The van der Waals surface area contributed by atoms with Crippen LogP contribution in [0.4, 0.5) is 0 Å². The molecule has 89 heavy (non-hydrogen) atoms. The van der Waals surface area contributed by atoms with Crippen molar-refractivity contribution >= 4 is 71.1 Å². The summed E-state index contributed by atoms with van der Waals surface area (Å²) in [6.45, 7) is 39.2. The highest BCUT2D eigenvalue weighted by Crippen LogP contribution is 2.17. The Morgan fingerprint density at radius 3 is 1.07 bits per heavy atom. The molecule has 0 saturated carbocycles. The molecule has 0 fully saturated rings. The van der Waals surface area contributed by atoms with Gasteiger partial charge in [0.1, 0.15) is 29.4 Å². The van der Waals surface area contributed by atoms with E-state index in [1.807, 2.05) is 152 Å². The Morgan fingerprint density at radius 2 is 0.787 bits per heavy atom. The molecule has 1 atom stereocenters.